The number of likely N-dealkylation sites (N-methyl/N-ethyl adjacent to an activating group) is 1. The predicted octanol–water partition coefficient (Wildman–Crippen LogP) is 0.0863. The first kappa shape index (κ1) is 8.97. The molecule has 3 nitrogen and oxygen atoms in total. The van der Waals surface area contributed by atoms with Crippen molar-refractivity contribution in [1.82, 2.24) is 4.90 Å². The first-order valence-electron chi connectivity index (χ1n) is 4.06. The maximum atomic E-state index is 9.34. The zero-order valence-corrected chi connectivity index (χ0v) is 7.45. The van der Waals surface area contributed by atoms with Crippen molar-refractivity contribution in [3.05, 3.63) is 0 Å². The normalized spacial score (nSPS) is 36.0. The van der Waals surface area contributed by atoms with E-state index in [0.29, 0.717) is 6.10 Å². The van der Waals surface area contributed by atoms with Gasteiger partial charge < -0.3 is 9.84 Å². The third-order valence-electron chi connectivity index (χ3n) is 2.45. The van der Waals surface area contributed by atoms with Gasteiger partial charge >= 0.3 is 0 Å². The van der Waals surface area contributed by atoms with Crippen molar-refractivity contribution >= 4 is 0 Å². The monoisotopic (exact) mass is 159 g/mol. The fourth-order valence-corrected chi connectivity index (χ4v) is 1.72. The molecule has 0 bridgehead atoms. The lowest BCUT2D eigenvalue weighted by Crippen LogP contribution is -2.34. The Bertz CT molecular complexity index is 127. The summed E-state index contributed by atoms with van der Waals surface area (Å²) >= 11 is 0. The van der Waals surface area contributed by atoms with Crippen LogP contribution in [0.15, 0.2) is 0 Å². The summed E-state index contributed by atoms with van der Waals surface area (Å²) in [5.74, 6) is 0. The highest BCUT2D eigenvalue weighted by Crippen LogP contribution is 2.20. The van der Waals surface area contributed by atoms with E-state index in [1.54, 1.807) is 7.11 Å². The van der Waals surface area contributed by atoms with Crippen LogP contribution in [0.4, 0.5) is 0 Å². The van der Waals surface area contributed by atoms with Gasteiger partial charge in [-0.25, -0.2) is 0 Å². The van der Waals surface area contributed by atoms with Crippen LogP contribution >= 0.6 is 0 Å². The standard InChI is InChI=1S/C8H17NO2/c1-6(10)8-4-7(11-3)5-9(8)2/h6-8,10H,4-5H2,1-3H3/t6-,7+,8-/m0/s1. The number of hydrogen-bond donors (Lipinski definition) is 1. The number of likely N-dealkylation sites (tertiary alicyclic amines) is 1. The zero-order valence-electron chi connectivity index (χ0n) is 7.45. The minimum absolute atomic E-state index is 0.250. The number of hydrogen-bond acceptors (Lipinski definition) is 3. The summed E-state index contributed by atoms with van der Waals surface area (Å²) in [5.41, 5.74) is 0. The van der Waals surface area contributed by atoms with Gasteiger partial charge in [0.25, 0.3) is 0 Å². The molecule has 1 aliphatic heterocycles. The third kappa shape index (κ3) is 1.92. The highest BCUT2D eigenvalue weighted by molar-refractivity contribution is 4.86. The number of rotatable bonds is 2. The van der Waals surface area contributed by atoms with E-state index in [4.69, 9.17) is 4.74 Å². The number of nitrogens with zero attached hydrogens (tertiary/aromatic N) is 1. The van der Waals surface area contributed by atoms with Crippen molar-refractivity contribution in [1.29, 1.82) is 0 Å². The number of aliphatic hydroxyl groups excluding tert-OH is 1. The second-order valence-corrected chi connectivity index (χ2v) is 3.34. The van der Waals surface area contributed by atoms with E-state index < -0.39 is 0 Å². The summed E-state index contributed by atoms with van der Waals surface area (Å²) in [7, 11) is 3.75. The molecule has 3 atom stereocenters. The second-order valence-electron chi connectivity index (χ2n) is 3.34. The molecule has 1 rings (SSSR count). The first-order chi connectivity index (χ1) is 5.15. The van der Waals surface area contributed by atoms with E-state index in [1.807, 2.05) is 14.0 Å². The van der Waals surface area contributed by atoms with Gasteiger partial charge in [0.1, 0.15) is 0 Å². The van der Waals surface area contributed by atoms with Crippen LogP contribution in [0.25, 0.3) is 0 Å². The molecular weight excluding hydrogens is 142 g/mol. The molecule has 1 heterocycles. The average molecular weight is 159 g/mol. The van der Waals surface area contributed by atoms with Crippen molar-refractivity contribution in [2.45, 2.75) is 31.6 Å². The van der Waals surface area contributed by atoms with Crippen LogP contribution in [0.5, 0.6) is 0 Å². The van der Waals surface area contributed by atoms with Crippen LogP contribution in [-0.2, 0) is 4.74 Å². The Balaban J connectivity index is 2.45. The molecule has 0 aromatic rings. The van der Waals surface area contributed by atoms with Crippen LogP contribution in [0.3, 0.4) is 0 Å². The molecule has 0 aromatic heterocycles. The molecule has 0 spiro atoms. The Morgan fingerprint density at radius 3 is 2.55 bits per heavy atom. The molecule has 0 saturated carbocycles. The largest absolute Gasteiger partial charge is 0.392 e. The van der Waals surface area contributed by atoms with Gasteiger partial charge in [0.15, 0.2) is 0 Å². The van der Waals surface area contributed by atoms with E-state index in [-0.39, 0.29) is 12.1 Å². The van der Waals surface area contributed by atoms with Gasteiger partial charge in [0.05, 0.1) is 12.2 Å². The lowest BCUT2D eigenvalue weighted by molar-refractivity contribution is 0.0979. The lowest BCUT2D eigenvalue weighted by atomic mass is 10.1. The van der Waals surface area contributed by atoms with E-state index in [2.05, 4.69) is 4.90 Å². The van der Waals surface area contributed by atoms with Crippen molar-refractivity contribution in [2.24, 2.45) is 0 Å². The minimum atomic E-state index is -0.250. The molecule has 0 aromatic carbocycles. The quantitative estimate of drug-likeness (QED) is 0.619. The maximum Gasteiger partial charge on any atom is 0.0714 e. The Labute approximate surface area is 68.0 Å². The maximum absolute atomic E-state index is 9.34. The van der Waals surface area contributed by atoms with E-state index >= 15 is 0 Å². The first-order valence-corrected chi connectivity index (χ1v) is 4.06. The van der Waals surface area contributed by atoms with Gasteiger partial charge in [0.2, 0.25) is 0 Å². The molecule has 0 radical (unpaired) electrons. The molecule has 0 unspecified atom stereocenters. The highest BCUT2D eigenvalue weighted by atomic mass is 16.5. The Morgan fingerprint density at radius 1 is 1.64 bits per heavy atom. The Kier molecular flexibility index (Phi) is 2.87. The Morgan fingerprint density at radius 2 is 2.27 bits per heavy atom. The zero-order chi connectivity index (χ0) is 8.43. The molecule has 1 saturated heterocycles. The summed E-state index contributed by atoms with van der Waals surface area (Å²) in [6.07, 6.45) is 1.00. The van der Waals surface area contributed by atoms with Gasteiger partial charge in [-0.15, -0.1) is 0 Å². The highest BCUT2D eigenvalue weighted by Gasteiger charge is 2.31. The molecule has 1 aliphatic rings. The fraction of sp³-hybridized carbons (Fsp3) is 1.00. The summed E-state index contributed by atoms with van der Waals surface area (Å²) in [4.78, 5) is 2.15. The predicted molar refractivity (Wildman–Crippen MR) is 43.5 cm³/mol. The SMILES string of the molecule is CO[C@@H]1C[C@@H]([C@H](C)O)N(C)C1. The van der Waals surface area contributed by atoms with Crippen molar-refractivity contribution < 1.29 is 9.84 Å². The van der Waals surface area contributed by atoms with Gasteiger partial charge in [-0.2, -0.15) is 0 Å². The smallest absolute Gasteiger partial charge is 0.0714 e. The van der Waals surface area contributed by atoms with Gasteiger partial charge in [-0.05, 0) is 20.4 Å². The number of aliphatic hydroxyl groups is 1. The molecular formula is C8H17NO2. The summed E-state index contributed by atoms with van der Waals surface area (Å²) in [5, 5.41) is 9.34. The topological polar surface area (TPSA) is 32.7 Å². The van der Waals surface area contributed by atoms with Gasteiger partial charge in [-0.1, -0.05) is 0 Å². The van der Waals surface area contributed by atoms with Crippen LogP contribution in [0.1, 0.15) is 13.3 Å². The molecule has 0 amide bonds. The van der Waals surface area contributed by atoms with E-state index in [1.165, 1.54) is 0 Å². The molecule has 0 aliphatic carbocycles. The molecule has 11 heavy (non-hydrogen) atoms. The minimum Gasteiger partial charge on any atom is -0.392 e. The van der Waals surface area contributed by atoms with Crippen LogP contribution in [-0.4, -0.2) is 49.0 Å². The van der Waals surface area contributed by atoms with Crippen molar-refractivity contribution in [2.75, 3.05) is 20.7 Å². The van der Waals surface area contributed by atoms with E-state index in [9.17, 15) is 5.11 Å². The molecule has 3 heteroatoms. The second kappa shape index (κ2) is 3.52. The summed E-state index contributed by atoms with van der Waals surface area (Å²) in [6.45, 7) is 2.77. The molecule has 1 N–H and O–H groups in total. The van der Waals surface area contributed by atoms with Crippen LogP contribution in [0.2, 0.25) is 0 Å². The van der Waals surface area contributed by atoms with Gasteiger partial charge in [-0.3, -0.25) is 4.90 Å². The Hall–Kier alpha value is -0.120. The third-order valence-corrected chi connectivity index (χ3v) is 2.45. The van der Waals surface area contributed by atoms with Gasteiger partial charge in [0, 0.05) is 19.7 Å². The fourth-order valence-electron chi connectivity index (χ4n) is 1.72. The van der Waals surface area contributed by atoms with Crippen LogP contribution < -0.4 is 0 Å². The average Bonchev–Trinajstić information content (AvgIpc) is 2.30. The van der Waals surface area contributed by atoms with Crippen LogP contribution in [0, 0.1) is 0 Å². The summed E-state index contributed by atoms with van der Waals surface area (Å²) < 4.78 is 5.21. The lowest BCUT2D eigenvalue weighted by Gasteiger charge is -2.21. The number of ether oxygens (including phenoxy) is 1. The molecule has 66 valence electrons. The molecule has 1 fully saturated rings. The van der Waals surface area contributed by atoms with E-state index in [0.717, 1.165) is 13.0 Å². The number of methoxy groups -OCH3 is 1. The van der Waals surface area contributed by atoms with Crippen molar-refractivity contribution in [3.8, 4) is 0 Å². The van der Waals surface area contributed by atoms with Crippen molar-refractivity contribution in [3.63, 3.8) is 0 Å². The summed E-state index contributed by atoms with van der Waals surface area (Å²) in [6, 6.07) is 0.278.